The molecule has 0 aliphatic heterocycles. The molecule has 2 fully saturated rings. The molecule has 0 saturated heterocycles. The number of nitrogens with one attached hydrogen (secondary N) is 1. The first-order valence-electron chi connectivity index (χ1n) is 7.75. The largest absolute Gasteiger partial charge is 0.329 e. The summed E-state index contributed by atoms with van der Waals surface area (Å²) in [5.74, 6) is 0.583. The third kappa shape index (κ3) is 1.88. The summed E-state index contributed by atoms with van der Waals surface area (Å²) >= 11 is 6.03. The Kier molecular flexibility index (Phi) is 3.18. The molecule has 2 aliphatic carbocycles. The van der Waals surface area contributed by atoms with Gasteiger partial charge in [-0.25, -0.2) is 4.79 Å². The van der Waals surface area contributed by atoms with E-state index in [4.69, 9.17) is 11.6 Å². The predicted molar refractivity (Wildman–Crippen MR) is 84.0 cm³/mol. The number of rotatable bonds is 2. The van der Waals surface area contributed by atoms with Crippen LogP contribution in [0.3, 0.4) is 0 Å². The molecule has 5 heteroatoms. The van der Waals surface area contributed by atoms with E-state index >= 15 is 0 Å². The molecule has 1 aromatic rings. The van der Waals surface area contributed by atoms with Crippen molar-refractivity contribution in [3.63, 3.8) is 0 Å². The van der Waals surface area contributed by atoms with Gasteiger partial charge in [0.2, 0.25) is 0 Å². The molecule has 4 nitrogen and oxygen atoms in total. The fourth-order valence-electron chi connectivity index (χ4n) is 5.02. The molecule has 0 radical (unpaired) electrons. The zero-order valence-corrected chi connectivity index (χ0v) is 13.9. The van der Waals surface area contributed by atoms with Gasteiger partial charge in [0.15, 0.2) is 0 Å². The van der Waals surface area contributed by atoms with Gasteiger partial charge in [0.05, 0.1) is 11.6 Å². The Balaban J connectivity index is 2.27. The molecule has 0 amide bonds. The van der Waals surface area contributed by atoms with Crippen LogP contribution in [0.2, 0.25) is 5.15 Å². The smallest absolute Gasteiger partial charge is 0.297 e. The molecule has 116 valence electrons. The Morgan fingerprint density at radius 3 is 2.52 bits per heavy atom. The van der Waals surface area contributed by atoms with Crippen LogP contribution in [0.15, 0.2) is 9.59 Å². The van der Waals surface area contributed by atoms with Crippen LogP contribution in [-0.2, 0) is 6.42 Å². The second kappa shape index (κ2) is 4.48. The quantitative estimate of drug-likeness (QED) is 0.853. The summed E-state index contributed by atoms with van der Waals surface area (Å²) in [6.45, 7) is 8.50. The number of hydrogen-bond acceptors (Lipinski definition) is 2. The Morgan fingerprint density at radius 1 is 1.33 bits per heavy atom. The summed E-state index contributed by atoms with van der Waals surface area (Å²) in [5, 5.41) is 0.190. The summed E-state index contributed by atoms with van der Waals surface area (Å²) in [5.41, 5.74) is -0.0717. The van der Waals surface area contributed by atoms with Gasteiger partial charge < -0.3 is 0 Å². The third-order valence-corrected chi connectivity index (χ3v) is 6.31. The average Bonchev–Trinajstić information content (AvgIpc) is 2.84. The lowest BCUT2D eigenvalue weighted by molar-refractivity contribution is 0.0767. The summed E-state index contributed by atoms with van der Waals surface area (Å²) in [4.78, 5) is 27.9. The SMILES string of the molecule is CCc1c(Cl)[nH]c(=O)n(C2C3(C)CCC(C3)C2(C)C)c1=O. The molecule has 3 unspecified atom stereocenters. The van der Waals surface area contributed by atoms with E-state index in [1.54, 1.807) is 0 Å². The van der Waals surface area contributed by atoms with E-state index in [-0.39, 0.29) is 33.3 Å². The van der Waals surface area contributed by atoms with Gasteiger partial charge in [0.25, 0.3) is 5.56 Å². The first-order valence-corrected chi connectivity index (χ1v) is 8.13. The highest BCUT2D eigenvalue weighted by molar-refractivity contribution is 6.30. The lowest BCUT2D eigenvalue weighted by atomic mass is 9.68. The van der Waals surface area contributed by atoms with Crippen molar-refractivity contribution in [1.82, 2.24) is 9.55 Å². The number of aromatic amines is 1. The zero-order chi connectivity index (χ0) is 15.6. The maximum atomic E-state index is 12.8. The van der Waals surface area contributed by atoms with E-state index in [0.29, 0.717) is 17.9 Å². The molecule has 3 atom stereocenters. The number of aromatic nitrogens is 2. The van der Waals surface area contributed by atoms with Crippen LogP contribution in [0.25, 0.3) is 0 Å². The van der Waals surface area contributed by atoms with E-state index in [9.17, 15) is 9.59 Å². The van der Waals surface area contributed by atoms with Crippen molar-refractivity contribution in [3.05, 3.63) is 31.6 Å². The lowest BCUT2D eigenvalue weighted by Gasteiger charge is -2.43. The minimum absolute atomic E-state index is 0.0316. The van der Waals surface area contributed by atoms with E-state index in [0.717, 1.165) is 12.8 Å². The molecule has 3 rings (SSSR count). The standard InChI is InChI=1S/C16H23ClN2O2/c1-5-10-11(17)18-14(21)19(12(10)20)13-15(2,3)9-6-7-16(13,4)8-9/h9,13H,5-8H2,1-4H3,(H,18,21). The maximum Gasteiger partial charge on any atom is 0.329 e. The monoisotopic (exact) mass is 310 g/mol. The van der Waals surface area contributed by atoms with Gasteiger partial charge in [0.1, 0.15) is 5.15 Å². The van der Waals surface area contributed by atoms with Crippen molar-refractivity contribution in [2.24, 2.45) is 16.7 Å². The second-order valence-corrected chi connectivity index (χ2v) is 7.95. The van der Waals surface area contributed by atoms with Gasteiger partial charge in [-0.05, 0) is 42.4 Å². The van der Waals surface area contributed by atoms with E-state index in [1.165, 1.54) is 11.0 Å². The molecular formula is C16H23ClN2O2. The van der Waals surface area contributed by atoms with Gasteiger partial charge >= 0.3 is 5.69 Å². The van der Waals surface area contributed by atoms with Crippen LogP contribution in [0.1, 0.15) is 58.6 Å². The number of nitrogens with zero attached hydrogens (tertiary/aromatic N) is 1. The summed E-state index contributed by atoms with van der Waals surface area (Å²) in [6.07, 6.45) is 3.91. The first-order chi connectivity index (χ1) is 9.72. The highest BCUT2D eigenvalue weighted by Crippen LogP contribution is 2.67. The van der Waals surface area contributed by atoms with Crippen LogP contribution in [0.4, 0.5) is 0 Å². The second-order valence-electron chi connectivity index (χ2n) is 7.57. The minimum Gasteiger partial charge on any atom is -0.297 e. The van der Waals surface area contributed by atoms with Crippen molar-refractivity contribution in [1.29, 1.82) is 0 Å². The molecule has 2 bridgehead atoms. The average molecular weight is 311 g/mol. The predicted octanol–water partition coefficient (Wildman–Crippen LogP) is 3.14. The van der Waals surface area contributed by atoms with Crippen molar-refractivity contribution < 1.29 is 0 Å². The molecule has 1 aromatic heterocycles. The van der Waals surface area contributed by atoms with Gasteiger partial charge in [-0.3, -0.25) is 14.3 Å². The fourth-order valence-corrected chi connectivity index (χ4v) is 5.32. The minimum atomic E-state index is -0.367. The molecule has 1 heterocycles. The van der Waals surface area contributed by atoms with Crippen molar-refractivity contribution >= 4 is 11.6 Å². The number of H-pyrrole nitrogens is 1. The van der Waals surface area contributed by atoms with Crippen molar-refractivity contribution in [2.45, 2.75) is 59.4 Å². The first kappa shape index (κ1) is 14.9. The number of fused-ring (bicyclic) bond motifs is 2. The summed E-state index contributed by atoms with van der Waals surface area (Å²) in [7, 11) is 0. The molecule has 1 N–H and O–H groups in total. The van der Waals surface area contributed by atoms with Crippen LogP contribution in [-0.4, -0.2) is 9.55 Å². The molecule has 21 heavy (non-hydrogen) atoms. The Morgan fingerprint density at radius 2 is 2.00 bits per heavy atom. The van der Waals surface area contributed by atoms with Crippen LogP contribution in [0, 0.1) is 16.7 Å². The molecule has 2 aliphatic rings. The fraction of sp³-hybridized carbons (Fsp3) is 0.750. The Hall–Kier alpha value is -1.03. The Labute approximate surface area is 129 Å². The van der Waals surface area contributed by atoms with Gasteiger partial charge in [-0.15, -0.1) is 0 Å². The lowest BCUT2D eigenvalue weighted by Crippen LogP contribution is -2.49. The number of hydrogen-bond donors (Lipinski definition) is 1. The zero-order valence-electron chi connectivity index (χ0n) is 13.1. The molecular weight excluding hydrogens is 288 g/mol. The van der Waals surface area contributed by atoms with Gasteiger partial charge in [0, 0.05) is 0 Å². The summed E-state index contributed by atoms with van der Waals surface area (Å²) in [6, 6.07) is -0.0532. The van der Waals surface area contributed by atoms with E-state index in [2.05, 4.69) is 25.8 Å². The Bertz CT molecular complexity index is 698. The molecule has 0 spiro atoms. The van der Waals surface area contributed by atoms with Crippen molar-refractivity contribution in [3.8, 4) is 0 Å². The third-order valence-electron chi connectivity index (χ3n) is 5.98. The van der Waals surface area contributed by atoms with E-state index in [1.807, 2.05) is 6.92 Å². The molecule has 2 saturated carbocycles. The number of halogens is 1. The highest BCUT2D eigenvalue weighted by atomic mass is 35.5. The van der Waals surface area contributed by atoms with Crippen LogP contribution in [0.5, 0.6) is 0 Å². The van der Waals surface area contributed by atoms with Crippen LogP contribution >= 0.6 is 11.6 Å². The summed E-state index contributed by atoms with van der Waals surface area (Å²) < 4.78 is 1.46. The van der Waals surface area contributed by atoms with E-state index < -0.39 is 0 Å². The van der Waals surface area contributed by atoms with Crippen molar-refractivity contribution in [2.75, 3.05) is 0 Å². The maximum absolute atomic E-state index is 12.8. The van der Waals surface area contributed by atoms with Crippen LogP contribution < -0.4 is 11.2 Å². The highest BCUT2D eigenvalue weighted by Gasteiger charge is 2.60. The van der Waals surface area contributed by atoms with Gasteiger partial charge in [-0.2, -0.15) is 0 Å². The van der Waals surface area contributed by atoms with Gasteiger partial charge in [-0.1, -0.05) is 39.3 Å². The molecule has 0 aromatic carbocycles. The normalized spacial score (nSPS) is 33.6. The topological polar surface area (TPSA) is 54.9 Å².